The fourth-order valence-electron chi connectivity index (χ4n) is 7.59. The minimum Gasteiger partial charge on any atom is -0.411 e. The Kier molecular flexibility index (Phi) is 4.08. The highest BCUT2D eigenvalue weighted by Gasteiger charge is 2.59. The fraction of sp³-hybridized carbons (Fsp3) is 0.783. The second-order valence-corrected chi connectivity index (χ2v) is 9.99. The van der Waals surface area contributed by atoms with Crippen molar-refractivity contribution in [1.82, 2.24) is 0 Å². The summed E-state index contributed by atoms with van der Waals surface area (Å²) in [7, 11) is 0. The van der Waals surface area contributed by atoms with Crippen LogP contribution in [0.2, 0.25) is 0 Å². The molecule has 0 radical (unpaired) electrons. The van der Waals surface area contributed by atoms with Crippen LogP contribution in [-0.4, -0.2) is 21.6 Å². The van der Waals surface area contributed by atoms with Crippen LogP contribution in [0.5, 0.6) is 0 Å². The molecule has 0 aliphatic heterocycles. The van der Waals surface area contributed by atoms with E-state index in [1.165, 1.54) is 31.3 Å². The zero-order valence-corrected chi connectivity index (χ0v) is 16.5. The highest BCUT2D eigenvalue weighted by atomic mass is 16.4. The van der Waals surface area contributed by atoms with Crippen LogP contribution in [0.1, 0.15) is 72.1 Å². The first-order chi connectivity index (χ1) is 12.3. The Morgan fingerprint density at radius 2 is 1.92 bits per heavy atom. The van der Waals surface area contributed by atoms with Crippen molar-refractivity contribution in [2.75, 3.05) is 0 Å². The van der Waals surface area contributed by atoms with E-state index in [0.29, 0.717) is 18.3 Å². The van der Waals surface area contributed by atoms with Crippen LogP contribution in [0.15, 0.2) is 16.8 Å². The summed E-state index contributed by atoms with van der Waals surface area (Å²) in [6.07, 6.45) is 16.5. The van der Waals surface area contributed by atoms with Gasteiger partial charge in [-0.1, -0.05) is 30.5 Å². The zero-order chi connectivity index (χ0) is 18.7. The van der Waals surface area contributed by atoms with Gasteiger partial charge in [-0.15, -0.1) is 6.42 Å². The minimum absolute atomic E-state index is 0.200. The van der Waals surface area contributed by atoms with Crippen molar-refractivity contribution in [2.24, 2.45) is 39.7 Å². The van der Waals surface area contributed by atoms with Gasteiger partial charge in [0, 0.05) is 5.92 Å². The van der Waals surface area contributed by atoms with Gasteiger partial charge in [-0.3, -0.25) is 0 Å². The number of oxime groups is 1. The maximum Gasteiger partial charge on any atom is 0.144 e. The molecule has 7 atom stereocenters. The van der Waals surface area contributed by atoms with Gasteiger partial charge in [-0.05, 0) is 93.0 Å². The topological polar surface area (TPSA) is 52.8 Å². The summed E-state index contributed by atoms with van der Waals surface area (Å²) in [6.45, 7) is 6.88. The van der Waals surface area contributed by atoms with E-state index in [1.807, 2.05) is 13.0 Å². The van der Waals surface area contributed by atoms with E-state index in [0.717, 1.165) is 36.8 Å². The average Bonchev–Trinajstić information content (AvgIpc) is 2.99. The first kappa shape index (κ1) is 18.1. The second kappa shape index (κ2) is 5.86. The molecule has 3 unspecified atom stereocenters. The van der Waals surface area contributed by atoms with Gasteiger partial charge in [-0.2, -0.15) is 0 Å². The lowest BCUT2D eigenvalue weighted by atomic mass is 9.46. The average molecular weight is 356 g/mol. The van der Waals surface area contributed by atoms with Gasteiger partial charge in [0.1, 0.15) is 5.60 Å². The van der Waals surface area contributed by atoms with Crippen molar-refractivity contribution >= 4 is 5.71 Å². The summed E-state index contributed by atoms with van der Waals surface area (Å²) in [5.41, 5.74) is 1.79. The Labute approximate surface area is 157 Å². The van der Waals surface area contributed by atoms with Crippen LogP contribution in [0.25, 0.3) is 0 Å². The van der Waals surface area contributed by atoms with Crippen LogP contribution in [0.3, 0.4) is 0 Å². The number of rotatable bonds is 1. The van der Waals surface area contributed by atoms with E-state index in [9.17, 15) is 10.3 Å². The molecule has 3 fully saturated rings. The molecule has 0 spiro atoms. The summed E-state index contributed by atoms with van der Waals surface area (Å²) >= 11 is 0. The third-order valence-electron chi connectivity index (χ3n) is 9.09. The van der Waals surface area contributed by atoms with Gasteiger partial charge in [-0.25, -0.2) is 0 Å². The molecule has 0 aromatic heterocycles. The van der Waals surface area contributed by atoms with E-state index in [1.54, 1.807) is 0 Å². The molecule has 0 amide bonds. The number of terminal acetylenes is 1. The molecule has 3 heteroatoms. The van der Waals surface area contributed by atoms with Crippen LogP contribution in [0.4, 0.5) is 0 Å². The molecular weight excluding hydrogens is 322 g/mol. The highest BCUT2D eigenvalue weighted by Crippen LogP contribution is 2.67. The molecular formula is C23H33NO2. The first-order valence-corrected chi connectivity index (χ1v) is 10.4. The number of nitrogens with zero attached hydrogens (tertiary/aromatic N) is 1. The number of hydrogen-bond acceptors (Lipinski definition) is 3. The summed E-state index contributed by atoms with van der Waals surface area (Å²) in [4.78, 5) is 0. The summed E-state index contributed by atoms with van der Waals surface area (Å²) < 4.78 is 0. The van der Waals surface area contributed by atoms with Gasteiger partial charge in [0.2, 0.25) is 0 Å². The summed E-state index contributed by atoms with van der Waals surface area (Å²) in [5.74, 6) is 5.23. The summed E-state index contributed by atoms with van der Waals surface area (Å²) in [5, 5.41) is 23.5. The molecule has 3 nitrogen and oxygen atoms in total. The number of hydrogen-bond donors (Lipinski definition) is 2. The van der Waals surface area contributed by atoms with Gasteiger partial charge in [0.05, 0.1) is 5.71 Å². The van der Waals surface area contributed by atoms with E-state index < -0.39 is 5.60 Å². The number of fused-ring (bicyclic) bond motifs is 5. The maximum atomic E-state index is 10.6. The van der Waals surface area contributed by atoms with Crippen LogP contribution >= 0.6 is 0 Å². The summed E-state index contributed by atoms with van der Waals surface area (Å²) in [6, 6.07) is 0. The standard InChI is InChI=1S/C23H33NO2/c1-5-23(25)13-12-21(3)16(14-23)6-7-17-19-9-8-18(15(2)24-26)22(19,4)11-10-20(17)21/h1,14,17-20,25-26H,6-13H2,2-4H3/b24-15+/t17?,18-,19?,20?,21+,22-,23-/m1/s1. The predicted octanol–water partition coefficient (Wildman–Crippen LogP) is 4.78. The Morgan fingerprint density at radius 3 is 2.62 bits per heavy atom. The Hall–Kier alpha value is -1.27. The van der Waals surface area contributed by atoms with Crippen LogP contribution in [-0.2, 0) is 0 Å². The Bertz CT molecular complexity index is 703. The maximum absolute atomic E-state index is 10.6. The predicted molar refractivity (Wildman–Crippen MR) is 104 cm³/mol. The smallest absolute Gasteiger partial charge is 0.144 e. The highest BCUT2D eigenvalue weighted by molar-refractivity contribution is 5.85. The third kappa shape index (κ3) is 2.34. The molecule has 0 aromatic carbocycles. The van der Waals surface area contributed by atoms with Crippen molar-refractivity contribution in [3.05, 3.63) is 11.6 Å². The second-order valence-electron chi connectivity index (χ2n) is 9.99. The molecule has 3 saturated carbocycles. The van der Waals surface area contributed by atoms with Crippen molar-refractivity contribution in [3.63, 3.8) is 0 Å². The number of aliphatic hydroxyl groups is 1. The molecule has 0 aromatic rings. The quantitative estimate of drug-likeness (QED) is 0.234. The molecule has 4 aliphatic carbocycles. The van der Waals surface area contributed by atoms with E-state index >= 15 is 0 Å². The lowest BCUT2D eigenvalue weighted by Crippen LogP contribution is -2.52. The van der Waals surface area contributed by atoms with E-state index in [4.69, 9.17) is 6.42 Å². The first-order valence-electron chi connectivity index (χ1n) is 10.4. The Balaban J connectivity index is 1.65. The monoisotopic (exact) mass is 355 g/mol. The molecule has 26 heavy (non-hydrogen) atoms. The molecule has 0 bridgehead atoms. The van der Waals surface area contributed by atoms with E-state index in [2.05, 4.69) is 24.9 Å². The zero-order valence-electron chi connectivity index (χ0n) is 16.5. The molecule has 0 heterocycles. The van der Waals surface area contributed by atoms with Crippen molar-refractivity contribution in [2.45, 2.75) is 77.7 Å². The molecule has 4 aliphatic rings. The van der Waals surface area contributed by atoms with Crippen molar-refractivity contribution in [1.29, 1.82) is 0 Å². The SMILES string of the molecule is C#C[C@]1(O)C=C2CCC3C(CC[C@@]4(C)C3CC[C@@H]4/C(C)=N/O)[C@@]2(C)CC1. The normalized spacial score (nSPS) is 50.9. The molecule has 142 valence electrons. The largest absolute Gasteiger partial charge is 0.411 e. The number of allylic oxidation sites excluding steroid dienone is 1. The lowest BCUT2D eigenvalue weighted by molar-refractivity contribution is -0.0515. The van der Waals surface area contributed by atoms with E-state index in [-0.39, 0.29) is 10.8 Å². The molecule has 4 rings (SSSR count). The van der Waals surface area contributed by atoms with Crippen molar-refractivity contribution < 1.29 is 10.3 Å². The third-order valence-corrected chi connectivity index (χ3v) is 9.09. The molecule has 0 saturated heterocycles. The van der Waals surface area contributed by atoms with Gasteiger partial charge in [0.15, 0.2) is 0 Å². The molecule has 2 N–H and O–H groups in total. The van der Waals surface area contributed by atoms with Gasteiger partial charge >= 0.3 is 0 Å². The lowest BCUT2D eigenvalue weighted by Gasteiger charge is -2.59. The Morgan fingerprint density at radius 1 is 1.15 bits per heavy atom. The van der Waals surface area contributed by atoms with Gasteiger partial charge < -0.3 is 10.3 Å². The van der Waals surface area contributed by atoms with Crippen molar-refractivity contribution in [3.8, 4) is 12.3 Å². The fourth-order valence-corrected chi connectivity index (χ4v) is 7.59. The van der Waals surface area contributed by atoms with Gasteiger partial charge in [0.25, 0.3) is 0 Å². The van der Waals surface area contributed by atoms with Crippen LogP contribution < -0.4 is 0 Å². The van der Waals surface area contributed by atoms with Crippen LogP contribution in [0, 0.1) is 46.8 Å². The minimum atomic E-state index is -1.03.